The number of hydrogen-bond acceptors (Lipinski definition) is 6. The van der Waals surface area contributed by atoms with Gasteiger partial charge in [-0.05, 0) is 17.5 Å². The third-order valence-electron chi connectivity index (χ3n) is 4.21. The summed E-state index contributed by atoms with van der Waals surface area (Å²) >= 11 is 1.27. The Hall–Kier alpha value is -3.21. The predicted octanol–water partition coefficient (Wildman–Crippen LogP) is 5.01. The van der Waals surface area contributed by atoms with Gasteiger partial charge in [0.15, 0.2) is 22.9 Å². The van der Waals surface area contributed by atoms with Crippen LogP contribution >= 0.6 is 11.3 Å². The maximum atomic E-state index is 13.6. The normalized spacial score (nSPS) is 12.5. The van der Waals surface area contributed by atoms with E-state index in [0.717, 1.165) is 6.07 Å². The van der Waals surface area contributed by atoms with Gasteiger partial charge in [0, 0.05) is 17.5 Å². The number of anilines is 1. The minimum absolute atomic E-state index is 0.0890. The second-order valence-electron chi connectivity index (χ2n) is 7.58. The number of nitrogens with one attached hydrogen (secondary N) is 1. The standard InChI is InChI=1S/C19H16F3N5O2S/c1-18(2,3)14-9-15(26-29-14)24-17(28)11-8-16-23-10(12-5-4-6-30-12)7-13(19(20,21)22)27(16)25-11/h4-9H,1-3H3,(H,24,26,28). The molecule has 0 atom stereocenters. The molecule has 0 unspecified atom stereocenters. The molecule has 4 aromatic heterocycles. The average molecular weight is 435 g/mol. The van der Waals surface area contributed by atoms with E-state index in [9.17, 15) is 18.0 Å². The number of carbonyl (C=O) groups excluding carboxylic acids is 1. The summed E-state index contributed by atoms with van der Waals surface area (Å²) in [5.74, 6) is -0.0280. The van der Waals surface area contributed by atoms with Crippen molar-refractivity contribution in [2.45, 2.75) is 32.4 Å². The van der Waals surface area contributed by atoms with Crippen LogP contribution in [0.4, 0.5) is 19.0 Å². The Morgan fingerprint density at radius 2 is 1.97 bits per heavy atom. The maximum Gasteiger partial charge on any atom is 0.433 e. The lowest BCUT2D eigenvalue weighted by Crippen LogP contribution is -2.16. The number of alkyl halides is 3. The van der Waals surface area contributed by atoms with Gasteiger partial charge < -0.3 is 9.84 Å². The van der Waals surface area contributed by atoms with Crippen molar-refractivity contribution in [3.63, 3.8) is 0 Å². The van der Waals surface area contributed by atoms with Crippen LogP contribution in [-0.2, 0) is 11.6 Å². The van der Waals surface area contributed by atoms with Crippen LogP contribution in [0.5, 0.6) is 0 Å². The Kier molecular flexibility index (Phi) is 4.64. The fourth-order valence-corrected chi connectivity index (χ4v) is 3.39. The number of carbonyl (C=O) groups is 1. The summed E-state index contributed by atoms with van der Waals surface area (Å²) < 4.78 is 46.6. The van der Waals surface area contributed by atoms with E-state index in [-0.39, 0.29) is 28.3 Å². The molecular weight excluding hydrogens is 419 g/mol. The van der Waals surface area contributed by atoms with Gasteiger partial charge in [0.1, 0.15) is 5.76 Å². The molecule has 4 rings (SSSR count). The number of amides is 1. The van der Waals surface area contributed by atoms with E-state index in [1.165, 1.54) is 17.4 Å². The van der Waals surface area contributed by atoms with Crippen LogP contribution in [0, 0.1) is 0 Å². The minimum Gasteiger partial charge on any atom is -0.359 e. The van der Waals surface area contributed by atoms with Crippen molar-refractivity contribution < 1.29 is 22.5 Å². The largest absolute Gasteiger partial charge is 0.433 e. The van der Waals surface area contributed by atoms with E-state index in [0.29, 0.717) is 15.2 Å². The van der Waals surface area contributed by atoms with E-state index in [1.54, 1.807) is 23.6 Å². The zero-order valence-electron chi connectivity index (χ0n) is 16.1. The van der Waals surface area contributed by atoms with Crippen molar-refractivity contribution in [3.8, 4) is 10.6 Å². The summed E-state index contributed by atoms with van der Waals surface area (Å²) in [5.41, 5.74) is -1.50. The molecule has 156 valence electrons. The number of fused-ring (bicyclic) bond motifs is 1. The Morgan fingerprint density at radius 3 is 2.57 bits per heavy atom. The van der Waals surface area contributed by atoms with Gasteiger partial charge >= 0.3 is 6.18 Å². The number of hydrogen-bond donors (Lipinski definition) is 1. The smallest absolute Gasteiger partial charge is 0.359 e. The molecule has 0 bridgehead atoms. The highest BCUT2D eigenvalue weighted by atomic mass is 32.1. The molecule has 0 saturated heterocycles. The molecule has 30 heavy (non-hydrogen) atoms. The quantitative estimate of drug-likeness (QED) is 0.489. The molecule has 0 radical (unpaired) electrons. The number of halogens is 3. The first-order valence-electron chi connectivity index (χ1n) is 8.83. The van der Waals surface area contributed by atoms with Gasteiger partial charge in [-0.15, -0.1) is 11.3 Å². The van der Waals surface area contributed by atoms with Gasteiger partial charge in [0.2, 0.25) is 0 Å². The first-order chi connectivity index (χ1) is 14.0. The zero-order chi connectivity index (χ0) is 21.7. The highest BCUT2D eigenvalue weighted by Crippen LogP contribution is 2.33. The lowest BCUT2D eigenvalue weighted by Gasteiger charge is -2.11. The highest BCUT2D eigenvalue weighted by Gasteiger charge is 2.36. The third-order valence-corrected chi connectivity index (χ3v) is 5.11. The molecule has 0 fully saturated rings. The first kappa shape index (κ1) is 20.1. The molecule has 1 amide bonds. The number of rotatable bonds is 3. The molecule has 1 N–H and O–H groups in total. The fourth-order valence-electron chi connectivity index (χ4n) is 2.71. The molecule has 0 aliphatic heterocycles. The lowest BCUT2D eigenvalue weighted by molar-refractivity contribution is -0.142. The average Bonchev–Trinajstić information content (AvgIpc) is 3.38. The topological polar surface area (TPSA) is 85.3 Å². The van der Waals surface area contributed by atoms with Crippen molar-refractivity contribution in [3.05, 3.63) is 52.9 Å². The lowest BCUT2D eigenvalue weighted by atomic mass is 9.93. The Morgan fingerprint density at radius 1 is 1.20 bits per heavy atom. The monoisotopic (exact) mass is 435 g/mol. The SMILES string of the molecule is CC(C)(C)c1cc(NC(=O)c2cc3nc(-c4cccs4)cc(C(F)(F)F)n3n2)no1. The summed E-state index contributed by atoms with van der Waals surface area (Å²) in [6, 6.07) is 7.07. The Bertz CT molecular complexity index is 1220. The molecule has 4 heterocycles. The van der Waals surface area contributed by atoms with Crippen molar-refractivity contribution in [2.75, 3.05) is 5.32 Å². The van der Waals surface area contributed by atoms with E-state index in [2.05, 4.69) is 20.6 Å². The third kappa shape index (κ3) is 3.80. The predicted molar refractivity (Wildman–Crippen MR) is 104 cm³/mol. The summed E-state index contributed by atoms with van der Waals surface area (Å²) in [5, 5.41) is 11.8. The van der Waals surface area contributed by atoms with Gasteiger partial charge in [-0.3, -0.25) is 4.79 Å². The van der Waals surface area contributed by atoms with E-state index < -0.39 is 17.8 Å². The number of aromatic nitrogens is 4. The van der Waals surface area contributed by atoms with Crippen LogP contribution in [0.25, 0.3) is 16.2 Å². The van der Waals surface area contributed by atoms with Gasteiger partial charge in [0.05, 0.1) is 10.6 Å². The van der Waals surface area contributed by atoms with Crippen molar-refractivity contribution in [1.82, 2.24) is 19.8 Å². The summed E-state index contributed by atoms with van der Waals surface area (Å²) in [7, 11) is 0. The Labute approximate surface area is 172 Å². The van der Waals surface area contributed by atoms with Crippen LogP contribution in [-0.4, -0.2) is 25.7 Å². The number of nitrogens with zero attached hydrogens (tertiary/aromatic N) is 4. The molecule has 7 nitrogen and oxygen atoms in total. The highest BCUT2D eigenvalue weighted by molar-refractivity contribution is 7.13. The van der Waals surface area contributed by atoms with E-state index in [1.807, 2.05) is 20.8 Å². The van der Waals surface area contributed by atoms with Crippen molar-refractivity contribution >= 4 is 28.7 Å². The summed E-state index contributed by atoms with van der Waals surface area (Å²) in [6.45, 7) is 5.74. The molecule has 11 heteroatoms. The fraction of sp³-hybridized carbons (Fsp3) is 0.263. The molecule has 0 saturated carbocycles. The number of thiophene rings is 1. The summed E-state index contributed by atoms with van der Waals surface area (Å²) in [4.78, 5) is 17.4. The van der Waals surface area contributed by atoms with Crippen LogP contribution in [0.3, 0.4) is 0 Å². The van der Waals surface area contributed by atoms with Gasteiger partial charge in [0.25, 0.3) is 5.91 Å². The molecule has 4 aromatic rings. The molecule has 0 aliphatic carbocycles. The van der Waals surface area contributed by atoms with Crippen LogP contribution < -0.4 is 5.32 Å². The Balaban J connectivity index is 1.72. The zero-order valence-corrected chi connectivity index (χ0v) is 16.9. The van der Waals surface area contributed by atoms with E-state index in [4.69, 9.17) is 4.52 Å². The molecule has 0 aliphatic rings. The molecule has 0 aromatic carbocycles. The second-order valence-corrected chi connectivity index (χ2v) is 8.53. The van der Waals surface area contributed by atoms with Gasteiger partial charge in [-0.25, -0.2) is 9.50 Å². The van der Waals surface area contributed by atoms with Crippen LogP contribution in [0.15, 0.2) is 40.2 Å². The van der Waals surface area contributed by atoms with Crippen LogP contribution in [0.2, 0.25) is 0 Å². The second kappa shape index (κ2) is 6.94. The molecular formula is C19H16F3N5O2S. The van der Waals surface area contributed by atoms with E-state index >= 15 is 0 Å². The van der Waals surface area contributed by atoms with Crippen molar-refractivity contribution in [1.29, 1.82) is 0 Å². The van der Waals surface area contributed by atoms with Crippen molar-refractivity contribution in [2.24, 2.45) is 0 Å². The maximum absolute atomic E-state index is 13.6. The minimum atomic E-state index is -4.68. The summed E-state index contributed by atoms with van der Waals surface area (Å²) in [6.07, 6.45) is -4.68. The van der Waals surface area contributed by atoms with Gasteiger partial charge in [-0.1, -0.05) is 32.0 Å². The first-order valence-corrected chi connectivity index (χ1v) is 9.71. The van der Waals surface area contributed by atoms with Gasteiger partial charge in [-0.2, -0.15) is 18.3 Å². The molecule has 0 spiro atoms. The van der Waals surface area contributed by atoms with Crippen LogP contribution in [0.1, 0.15) is 42.7 Å².